The van der Waals surface area contributed by atoms with Crippen molar-refractivity contribution in [2.75, 3.05) is 0 Å². The van der Waals surface area contributed by atoms with Gasteiger partial charge in [0.25, 0.3) is 0 Å². The summed E-state index contributed by atoms with van der Waals surface area (Å²) in [5, 5.41) is 0. The maximum absolute atomic E-state index is 10.7. The lowest BCUT2D eigenvalue weighted by atomic mass is 10.1. The van der Waals surface area contributed by atoms with Crippen LogP contribution in [0, 0.1) is 0 Å². The van der Waals surface area contributed by atoms with Gasteiger partial charge in [-0.15, -0.1) is 6.58 Å². The molecule has 0 saturated heterocycles. The van der Waals surface area contributed by atoms with Gasteiger partial charge in [0, 0.05) is 18.9 Å². The molecule has 0 amide bonds. The molecule has 0 fully saturated rings. The molecule has 0 radical (unpaired) electrons. The van der Waals surface area contributed by atoms with Crippen molar-refractivity contribution in [1.29, 1.82) is 0 Å². The quantitative estimate of drug-likeness (QED) is 0.527. The lowest BCUT2D eigenvalue weighted by Crippen LogP contribution is -2.06. The number of rotatable bonds is 4. The molecule has 1 aromatic heterocycles. The minimum atomic E-state index is -0.298. The number of furan rings is 1. The van der Waals surface area contributed by atoms with E-state index in [4.69, 9.17) is 9.15 Å². The number of hydrogen-bond donors (Lipinski definition) is 0. The van der Waals surface area contributed by atoms with Crippen molar-refractivity contribution in [1.82, 2.24) is 0 Å². The summed E-state index contributed by atoms with van der Waals surface area (Å²) < 4.78 is 9.96. The van der Waals surface area contributed by atoms with Gasteiger partial charge in [-0.05, 0) is 6.07 Å². The van der Waals surface area contributed by atoms with Crippen molar-refractivity contribution < 1.29 is 13.9 Å². The molecule has 3 heteroatoms. The highest BCUT2D eigenvalue weighted by atomic mass is 16.5. The second-order valence-corrected chi connectivity index (χ2v) is 2.68. The maximum Gasteiger partial charge on any atom is 0.303 e. The largest absolute Gasteiger partial charge is 0.472 e. The van der Waals surface area contributed by atoms with E-state index >= 15 is 0 Å². The Hall–Kier alpha value is -1.51. The third-order valence-corrected chi connectivity index (χ3v) is 1.60. The Bertz CT molecular complexity index is 274. The lowest BCUT2D eigenvalue weighted by Gasteiger charge is -2.12. The summed E-state index contributed by atoms with van der Waals surface area (Å²) in [5.41, 5.74) is 0.857. The van der Waals surface area contributed by atoms with E-state index in [1.165, 1.54) is 6.92 Å². The van der Waals surface area contributed by atoms with E-state index < -0.39 is 0 Å². The normalized spacial score (nSPS) is 12.1. The molecule has 1 rings (SSSR count). The van der Waals surface area contributed by atoms with E-state index in [1.807, 2.05) is 0 Å². The molecule has 0 aliphatic heterocycles. The Morgan fingerprint density at radius 3 is 3.08 bits per heavy atom. The minimum Gasteiger partial charge on any atom is -0.472 e. The number of carbonyl (C=O) groups is 1. The summed E-state index contributed by atoms with van der Waals surface area (Å²) in [6.45, 7) is 4.98. The molecule has 0 aliphatic carbocycles. The maximum atomic E-state index is 10.7. The summed E-state index contributed by atoms with van der Waals surface area (Å²) in [6.07, 6.45) is 5.15. The summed E-state index contributed by atoms with van der Waals surface area (Å²) in [6, 6.07) is 1.77. The van der Waals surface area contributed by atoms with Crippen LogP contribution in [0.15, 0.2) is 35.7 Å². The van der Waals surface area contributed by atoms with Gasteiger partial charge in [-0.2, -0.15) is 0 Å². The Balaban J connectivity index is 2.67. The predicted molar refractivity (Wildman–Crippen MR) is 48.0 cm³/mol. The molecule has 70 valence electrons. The van der Waals surface area contributed by atoms with Gasteiger partial charge >= 0.3 is 5.97 Å². The third kappa shape index (κ3) is 2.78. The second kappa shape index (κ2) is 4.50. The van der Waals surface area contributed by atoms with Gasteiger partial charge < -0.3 is 9.15 Å². The van der Waals surface area contributed by atoms with E-state index in [2.05, 4.69) is 6.58 Å². The van der Waals surface area contributed by atoms with Gasteiger partial charge in [-0.3, -0.25) is 4.79 Å². The topological polar surface area (TPSA) is 39.4 Å². The first kappa shape index (κ1) is 9.58. The van der Waals surface area contributed by atoms with Crippen molar-refractivity contribution in [3.05, 3.63) is 36.8 Å². The fourth-order valence-electron chi connectivity index (χ4n) is 1.06. The molecular weight excluding hydrogens is 168 g/mol. The molecule has 1 heterocycles. The SMILES string of the molecule is C=CC[C@H](OC(C)=O)c1ccoc1. The highest BCUT2D eigenvalue weighted by Gasteiger charge is 2.13. The van der Waals surface area contributed by atoms with Crippen molar-refractivity contribution >= 4 is 5.97 Å². The number of esters is 1. The van der Waals surface area contributed by atoms with Crippen LogP contribution in [0.2, 0.25) is 0 Å². The van der Waals surface area contributed by atoms with Gasteiger partial charge in [-0.25, -0.2) is 0 Å². The molecule has 0 unspecified atom stereocenters. The molecule has 1 atom stereocenters. The van der Waals surface area contributed by atoms with Crippen LogP contribution in [-0.4, -0.2) is 5.97 Å². The Morgan fingerprint density at radius 1 is 1.85 bits per heavy atom. The van der Waals surface area contributed by atoms with Crippen LogP contribution in [0.5, 0.6) is 0 Å². The van der Waals surface area contributed by atoms with Crippen LogP contribution < -0.4 is 0 Å². The second-order valence-electron chi connectivity index (χ2n) is 2.68. The fraction of sp³-hybridized carbons (Fsp3) is 0.300. The molecule has 0 bridgehead atoms. The van der Waals surface area contributed by atoms with Gasteiger partial charge in [0.15, 0.2) is 0 Å². The third-order valence-electron chi connectivity index (χ3n) is 1.60. The zero-order chi connectivity index (χ0) is 9.68. The molecule has 0 N–H and O–H groups in total. The monoisotopic (exact) mass is 180 g/mol. The molecular formula is C10H12O3. The molecule has 0 aliphatic rings. The first-order valence-electron chi connectivity index (χ1n) is 4.04. The molecule has 3 nitrogen and oxygen atoms in total. The van der Waals surface area contributed by atoms with Crippen LogP contribution in [0.25, 0.3) is 0 Å². The summed E-state index contributed by atoms with van der Waals surface area (Å²) in [4.78, 5) is 10.7. The van der Waals surface area contributed by atoms with Crippen LogP contribution in [-0.2, 0) is 9.53 Å². The highest BCUT2D eigenvalue weighted by molar-refractivity contribution is 5.66. The van der Waals surface area contributed by atoms with Crippen molar-refractivity contribution in [2.45, 2.75) is 19.4 Å². The molecule has 13 heavy (non-hydrogen) atoms. The van der Waals surface area contributed by atoms with Crippen molar-refractivity contribution in [3.63, 3.8) is 0 Å². The highest BCUT2D eigenvalue weighted by Crippen LogP contribution is 2.21. The molecule has 0 spiro atoms. The Labute approximate surface area is 77.0 Å². The van der Waals surface area contributed by atoms with Crippen LogP contribution in [0.1, 0.15) is 25.0 Å². The summed E-state index contributed by atoms with van der Waals surface area (Å²) >= 11 is 0. The van der Waals surface area contributed by atoms with Crippen molar-refractivity contribution in [2.24, 2.45) is 0 Å². The van der Waals surface area contributed by atoms with Crippen molar-refractivity contribution in [3.8, 4) is 0 Å². The minimum absolute atomic E-state index is 0.270. The number of hydrogen-bond acceptors (Lipinski definition) is 3. The predicted octanol–water partition coefficient (Wildman–Crippen LogP) is 2.46. The fourth-order valence-corrected chi connectivity index (χ4v) is 1.06. The molecule has 0 aromatic carbocycles. The zero-order valence-corrected chi connectivity index (χ0v) is 7.53. The summed E-state index contributed by atoms with van der Waals surface area (Å²) in [7, 11) is 0. The van der Waals surface area contributed by atoms with Crippen LogP contribution in [0.3, 0.4) is 0 Å². The van der Waals surface area contributed by atoms with E-state index in [9.17, 15) is 4.79 Å². The first-order chi connectivity index (χ1) is 6.24. The molecule has 0 saturated carbocycles. The van der Waals surface area contributed by atoms with E-state index in [-0.39, 0.29) is 12.1 Å². The van der Waals surface area contributed by atoms with Gasteiger partial charge in [0.2, 0.25) is 0 Å². The standard InChI is InChI=1S/C10H12O3/c1-3-4-10(13-8(2)11)9-5-6-12-7-9/h3,5-7,10H,1,4H2,2H3/t10-/m0/s1. The average Bonchev–Trinajstić information content (AvgIpc) is 2.54. The lowest BCUT2D eigenvalue weighted by molar-refractivity contribution is -0.146. The summed E-state index contributed by atoms with van der Waals surface area (Å²) in [5.74, 6) is -0.298. The first-order valence-corrected chi connectivity index (χ1v) is 4.04. The van der Waals surface area contributed by atoms with Crippen LogP contribution >= 0.6 is 0 Å². The number of carbonyl (C=O) groups excluding carboxylic acids is 1. The van der Waals surface area contributed by atoms with E-state index in [1.54, 1.807) is 24.7 Å². The van der Waals surface area contributed by atoms with Gasteiger partial charge in [-0.1, -0.05) is 6.08 Å². The Kier molecular flexibility index (Phi) is 3.31. The zero-order valence-electron chi connectivity index (χ0n) is 7.53. The van der Waals surface area contributed by atoms with E-state index in [0.717, 1.165) is 5.56 Å². The average molecular weight is 180 g/mol. The number of ether oxygens (including phenoxy) is 1. The Morgan fingerprint density at radius 2 is 2.62 bits per heavy atom. The van der Waals surface area contributed by atoms with Gasteiger partial charge in [0.05, 0.1) is 12.5 Å². The van der Waals surface area contributed by atoms with Crippen LogP contribution in [0.4, 0.5) is 0 Å². The smallest absolute Gasteiger partial charge is 0.303 e. The van der Waals surface area contributed by atoms with Gasteiger partial charge in [0.1, 0.15) is 6.10 Å². The van der Waals surface area contributed by atoms with E-state index in [0.29, 0.717) is 6.42 Å². The molecule has 1 aromatic rings.